The minimum absolute atomic E-state index is 0.0135. The van der Waals surface area contributed by atoms with E-state index in [1.54, 1.807) is 65.0 Å². The minimum Gasteiger partial charge on any atom is -0.459 e. The number of anilines is 1. The molecule has 0 aliphatic carbocycles. The van der Waals surface area contributed by atoms with Crippen molar-refractivity contribution in [1.29, 1.82) is 0 Å². The molecular formula is C81H84F2N12O12S8. The number of sulfone groups is 4. The zero-order valence-corrected chi connectivity index (χ0v) is 70.4. The Kier molecular flexibility index (Phi) is 22.8. The molecule has 4 spiro atoms. The van der Waals surface area contributed by atoms with E-state index < -0.39 is 95.8 Å². The molecule has 1 amide bonds. The van der Waals surface area contributed by atoms with Crippen molar-refractivity contribution in [3.8, 4) is 56.4 Å². The molecule has 0 saturated carbocycles. The molecule has 3 aromatic carbocycles. The van der Waals surface area contributed by atoms with Crippen molar-refractivity contribution in [1.82, 2.24) is 9.97 Å². The second-order valence-electron chi connectivity index (χ2n) is 31.1. The number of hydrogen-bond acceptors (Lipinski definition) is 26. The van der Waals surface area contributed by atoms with Gasteiger partial charge in [0, 0.05) is 91.1 Å². The molecule has 13 heterocycles. The van der Waals surface area contributed by atoms with Gasteiger partial charge >= 0.3 is 0 Å². The van der Waals surface area contributed by atoms with Gasteiger partial charge in [-0.05, 0) is 191 Å². The van der Waals surface area contributed by atoms with Crippen molar-refractivity contribution >= 4 is 126 Å². The summed E-state index contributed by atoms with van der Waals surface area (Å²) in [4.78, 5) is 46.1. The van der Waals surface area contributed by atoms with Crippen LogP contribution in [-0.2, 0) is 75.7 Å². The summed E-state index contributed by atoms with van der Waals surface area (Å²) in [6.07, 6.45) is 8.36. The molecule has 8 aromatic rings. The van der Waals surface area contributed by atoms with Crippen molar-refractivity contribution in [2.24, 2.45) is 42.9 Å². The summed E-state index contributed by atoms with van der Waals surface area (Å²) < 4.78 is 139. The number of aromatic nitrogens is 2. The highest BCUT2D eigenvalue weighted by Gasteiger charge is 2.59. The number of halogens is 2. The van der Waals surface area contributed by atoms with Crippen LogP contribution in [0.4, 0.5) is 20.2 Å². The number of thioether (sulfide) groups is 1. The van der Waals surface area contributed by atoms with Gasteiger partial charge in [-0.1, -0.05) is 47.9 Å². The van der Waals surface area contributed by atoms with Gasteiger partial charge in [-0.3, -0.25) is 14.8 Å². The van der Waals surface area contributed by atoms with Crippen LogP contribution in [-0.4, -0.2) is 140 Å². The maximum absolute atomic E-state index is 14.7. The third-order valence-electron chi connectivity index (χ3n) is 21.3. The molecule has 8 aliphatic heterocycles. The van der Waals surface area contributed by atoms with Crippen LogP contribution in [0.3, 0.4) is 0 Å². The molecule has 602 valence electrons. The number of amides is 1. The Morgan fingerprint density at radius 2 is 1.07 bits per heavy atom. The monoisotopic (exact) mass is 1710 g/mol. The van der Waals surface area contributed by atoms with E-state index in [2.05, 4.69) is 120 Å². The lowest BCUT2D eigenvalue weighted by Crippen LogP contribution is -2.62. The number of nitrogens with zero attached hydrogens (tertiary/aromatic N) is 7. The number of pyridine rings is 2. The van der Waals surface area contributed by atoms with Gasteiger partial charge in [-0.2, -0.15) is 0 Å². The van der Waals surface area contributed by atoms with Crippen LogP contribution in [0.25, 0.3) is 37.5 Å². The number of carbonyl (C=O) groups is 1. The Morgan fingerprint density at radius 3 is 1.60 bits per heavy atom. The molecule has 0 radical (unpaired) electrons. The van der Waals surface area contributed by atoms with Crippen molar-refractivity contribution in [2.75, 3.05) is 51.3 Å². The van der Waals surface area contributed by atoms with E-state index in [0.717, 1.165) is 82.7 Å². The number of amidine groups is 4. The molecule has 24 nitrogen and oxygen atoms in total. The lowest BCUT2D eigenvalue weighted by molar-refractivity contribution is -0.00274. The van der Waals surface area contributed by atoms with Crippen LogP contribution in [0.2, 0.25) is 0 Å². The summed E-state index contributed by atoms with van der Waals surface area (Å²) in [5.74, 6) is 10.6. The fourth-order valence-electron chi connectivity index (χ4n) is 16.4. The van der Waals surface area contributed by atoms with Crippen molar-refractivity contribution in [3.63, 3.8) is 0 Å². The first-order valence-electron chi connectivity index (χ1n) is 36.5. The maximum Gasteiger partial charge on any atom is 0.283 e. The predicted molar refractivity (Wildman–Crippen MR) is 451 cm³/mol. The number of nitrogens with two attached hydrogens (primary N) is 4. The summed E-state index contributed by atoms with van der Waals surface area (Å²) in [5.41, 5.74) is 28.1. The second kappa shape index (κ2) is 31.5. The number of nitrogens with one attached hydrogen (secondary N) is 1. The highest BCUT2D eigenvalue weighted by atomic mass is 32.2. The molecule has 115 heavy (non-hydrogen) atoms. The second-order valence-corrected chi connectivity index (χ2v) is 44.2. The van der Waals surface area contributed by atoms with Crippen molar-refractivity contribution in [3.05, 3.63) is 198 Å². The standard InChI is InChI=1S/C22H24N2O3S2.C22H24N2O2S3.C19H18F2N4O4S.C18H18N4O3S2/c1-3-5-16-6-4-7-17(12-16)18-13-19(28-14-18)21(2)15-22(27-20(23)24-21)8-10-29(25,26)11-9-22;1-3-5-16-6-4-7-17(12-16)18-13-19(27-14-18)21(2)15-22(28-20(23)24-21)8-10-29(25,26)11-9-22;1-18(8-19(29-17(22)25-18)9-30(27,28)10-19)13-6-12(3-4-14(13)21)24-16(26)15-5-2-11(20)7-23-15;1-11-4-14(12-5-13(20-3)7-21-6-12)26-15(11)17(2)8-18(25-16(19)22-17)9-27(23,24)10-18/h2*4,6-7,12-14H,8-11,15H2,1-2H3,(H2,23,24);2-7H,8-10H2,1H3,(H2,22,25)(H,24,26);4-7H,8-10H2,1-2H3,(H2,19,22). The van der Waals surface area contributed by atoms with Crippen LogP contribution in [0.5, 0.6) is 0 Å². The van der Waals surface area contributed by atoms with Gasteiger partial charge < -0.3 is 42.5 Å². The van der Waals surface area contributed by atoms with E-state index in [1.807, 2.05) is 58.0 Å². The third-order valence-corrected chi connectivity index (χ3v) is 33.6. The Bertz CT molecular complexity index is 5780. The molecule has 0 bridgehead atoms. The van der Waals surface area contributed by atoms with Crippen LogP contribution in [0.1, 0.15) is 140 Å². The average molecular weight is 1710 g/mol. The number of carbonyl (C=O) groups excluding carboxylic acids is 1. The quantitative estimate of drug-likeness (QED) is 0.0662. The summed E-state index contributed by atoms with van der Waals surface area (Å²) in [7, 11) is -12.2. The summed E-state index contributed by atoms with van der Waals surface area (Å²) >= 11 is 6.47. The molecule has 9 N–H and O–H groups in total. The molecule has 4 fully saturated rings. The number of aryl methyl sites for hydroxylation is 1. The third kappa shape index (κ3) is 18.8. The van der Waals surface area contributed by atoms with Gasteiger partial charge in [-0.15, -0.1) is 45.9 Å². The van der Waals surface area contributed by atoms with E-state index >= 15 is 0 Å². The number of rotatable bonds is 9. The van der Waals surface area contributed by atoms with Crippen LogP contribution < -0.4 is 28.3 Å². The van der Waals surface area contributed by atoms with E-state index in [9.17, 15) is 47.2 Å². The smallest absolute Gasteiger partial charge is 0.283 e. The number of benzene rings is 3. The van der Waals surface area contributed by atoms with Crippen LogP contribution in [0.15, 0.2) is 152 Å². The predicted octanol–water partition coefficient (Wildman–Crippen LogP) is 12.6. The van der Waals surface area contributed by atoms with Gasteiger partial charge in [0.1, 0.15) is 55.0 Å². The minimum atomic E-state index is -3.23. The lowest BCUT2D eigenvalue weighted by atomic mass is 9.80. The Balaban J connectivity index is 0.000000134. The van der Waals surface area contributed by atoms with E-state index in [4.69, 9.17) is 48.7 Å². The van der Waals surface area contributed by atoms with Gasteiger partial charge in [0.2, 0.25) is 5.69 Å². The number of aliphatic imine (C=N–C) groups is 4. The van der Waals surface area contributed by atoms with Crippen LogP contribution in [0, 0.1) is 48.8 Å². The van der Waals surface area contributed by atoms with Gasteiger partial charge in [0.15, 0.2) is 34.7 Å². The van der Waals surface area contributed by atoms with E-state index in [0.29, 0.717) is 49.4 Å². The van der Waals surface area contributed by atoms with Gasteiger partial charge in [-0.25, -0.2) is 67.3 Å². The molecule has 5 aromatic heterocycles. The van der Waals surface area contributed by atoms with Crippen LogP contribution >= 0.6 is 45.8 Å². The van der Waals surface area contributed by atoms with Crippen molar-refractivity contribution in [2.45, 2.75) is 144 Å². The fourth-order valence-corrected chi connectivity index (χ4v) is 28.3. The fraction of sp³-hybridized carbons (Fsp3) is 0.383. The zero-order valence-electron chi connectivity index (χ0n) is 63.9. The largest absolute Gasteiger partial charge is 0.459 e. The summed E-state index contributed by atoms with van der Waals surface area (Å²) in [6, 6.07) is 30.8. The summed E-state index contributed by atoms with van der Waals surface area (Å²) in [6.45, 7) is 20.6. The number of hydrogen-bond donors (Lipinski definition) is 5. The molecule has 4 unspecified atom stereocenters. The Labute approximate surface area is 684 Å². The Hall–Kier alpha value is -9.57. The first-order valence-corrected chi connectivity index (χ1v) is 47.2. The van der Waals surface area contributed by atoms with E-state index in [1.165, 1.54) is 30.5 Å². The molecule has 4 saturated heterocycles. The molecule has 16 rings (SSSR count). The SMILES string of the molecule is CC#Cc1cccc(-c2csc(C3(C)CC4(CCS(=O)(=O)CC4)OC(N)=N3)c2)c1.CC#Cc1cccc(-c2csc(C3(C)CC4(CCS(=O)(=O)CC4)SC(N)=N3)c2)c1.CC1(c2cc(NC(=O)c3ccc(F)cn3)ccc2F)CC2(CS(=O)(=O)C2)OC(N)=N1.[C-]#[N+]c1cncc(-c2cc(C)c(C3(C)CC4(CS(=O)(=O)C4)OC(N)=N3)s2)c1. The lowest BCUT2D eigenvalue weighted by Gasteiger charge is -2.47. The van der Waals surface area contributed by atoms with Crippen molar-refractivity contribution < 1.29 is 61.5 Å². The van der Waals surface area contributed by atoms with Gasteiger partial charge in [0.25, 0.3) is 24.0 Å². The molecule has 34 heteroatoms. The highest BCUT2D eigenvalue weighted by molar-refractivity contribution is 8.15. The maximum atomic E-state index is 14.7. The Morgan fingerprint density at radius 1 is 0.557 bits per heavy atom. The number of thiophene rings is 3. The molecule has 8 aliphatic rings. The first kappa shape index (κ1) is 83.4. The average Bonchev–Trinajstić information content (AvgIpc) is 1.58. The highest BCUT2D eigenvalue weighted by Crippen LogP contribution is 2.54. The molecular weight excluding hydrogens is 1630 g/mol. The van der Waals surface area contributed by atoms with Gasteiger partial charge in [0.05, 0.1) is 69.9 Å². The molecule has 4 atom stereocenters. The summed E-state index contributed by atoms with van der Waals surface area (Å²) in [5, 5.41) is 7.42. The zero-order chi connectivity index (χ0) is 82.6. The normalized spacial score (nSPS) is 24.7. The first-order chi connectivity index (χ1) is 54.1. The number of ether oxygens (including phenoxy) is 3. The topological polar surface area (TPSA) is 377 Å². The van der Waals surface area contributed by atoms with E-state index in [-0.39, 0.29) is 92.2 Å².